The van der Waals surface area contributed by atoms with Crippen LogP contribution < -0.4 is 11.1 Å². The summed E-state index contributed by atoms with van der Waals surface area (Å²) in [6.07, 6.45) is 0. The summed E-state index contributed by atoms with van der Waals surface area (Å²) in [5.74, 6) is -1.39. The van der Waals surface area contributed by atoms with E-state index >= 15 is 0 Å². The summed E-state index contributed by atoms with van der Waals surface area (Å²) >= 11 is 5.79. The van der Waals surface area contributed by atoms with Gasteiger partial charge in [-0.25, -0.2) is 4.79 Å². The third kappa shape index (κ3) is 3.45. The lowest BCUT2D eigenvalue weighted by Gasteiger charge is -2.21. The molecule has 0 aliphatic carbocycles. The summed E-state index contributed by atoms with van der Waals surface area (Å²) in [4.78, 5) is 22.7. The van der Waals surface area contributed by atoms with Crippen LogP contribution in [-0.4, -0.2) is 23.5 Å². The second-order valence-corrected chi connectivity index (χ2v) is 5.01. The summed E-state index contributed by atoms with van der Waals surface area (Å²) < 4.78 is 0. The number of nitrogens with two attached hydrogens (primary N) is 1. The number of rotatable bonds is 4. The van der Waals surface area contributed by atoms with E-state index in [1.165, 1.54) is 18.2 Å². The lowest BCUT2D eigenvalue weighted by molar-refractivity contribution is -0.123. The maximum absolute atomic E-state index is 11.9. The molecule has 1 rings (SSSR count). The molecule has 98 valence electrons. The predicted octanol–water partition coefficient (Wildman–Crippen LogP) is 1.96. The minimum atomic E-state index is -1.11. The van der Waals surface area contributed by atoms with E-state index in [4.69, 9.17) is 22.4 Å². The summed E-state index contributed by atoms with van der Waals surface area (Å²) in [7, 11) is 0. The van der Waals surface area contributed by atoms with E-state index in [0.29, 0.717) is 5.69 Å². The molecule has 0 bridgehead atoms. The summed E-state index contributed by atoms with van der Waals surface area (Å²) in [6.45, 7) is 3.58. The van der Waals surface area contributed by atoms with Crippen LogP contribution in [0.25, 0.3) is 0 Å². The van der Waals surface area contributed by atoms with Crippen LogP contribution in [0.2, 0.25) is 5.02 Å². The number of anilines is 1. The quantitative estimate of drug-likeness (QED) is 0.780. The molecule has 0 aliphatic rings. The highest BCUT2D eigenvalue weighted by molar-refractivity contribution is 6.31. The summed E-state index contributed by atoms with van der Waals surface area (Å²) in [6, 6.07) is 4.14. The van der Waals surface area contributed by atoms with Crippen LogP contribution in [0.1, 0.15) is 24.2 Å². The Morgan fingerprint density at radius 1 is 1.39 bits per heavy atom. The minimum Gasteiger partial charge on any atom is -0.478 e. The SMILES string of the molecule is CC(C)(CN)C(=O)Nc1cc(Cl)cc(C(=O)O)c1. The molecule has 0 radical (unpaired) electrons. The average molecular weight is 271 g/mol. The van der Waals surface area contributed by atoms with E-state index in [-0.39, 0.29) is 23.0 Å². The van der Waals surface area contributed by atoms with Crippen molar-refractivity contribution in [3.05, 3.63) is 28.8 Å². The highest BCUT2D eigenvalue weighted by Crippen LogP contribution is 2.22. The molecule has 0 unspecified atom stereocenters. The Morgan fingerprint density at radius 3 is 2.50 bits per heavy atom. The molecule has 0 atom stereocenters. The Labute approximate surface area is 110 Å². The lowest BCUT2D eigenvalue weighted by Crippen LogP contribution is -2.37. The fraction of sp³-hybridized carbons (Fsp3) is 0.333. The van der Waals surface area contributed by atoms with Crippen LogP contribution >= 0.6 is 11.6 Å². The van der Waals surface area contributed by atoms with Crippen molar-refractivity contribution in [2.24, 2.45) is 11.1 Å². The highest BCUT2D eigenvalue weighted by Gasteiger charge is 2.26. The number of carbonyl (C=O) groups excluding carboxylic acids is 1. The van der Waals surface area contributed by atoms with Crippen molar-refractivity contribution in [2.45, 2.75) is 13.8 Å². The van der Waals surface area contributed by atoms with Crippen molar-refractivity contribution in [3.8, 4) is 0 Å². The molecule has 0 aliphatic heterocycles. The fourth-order valence-corrected chi connectivity index (χ4v) is 1.41. The maximum Gasteiger partial charge on any atom is 0.335 e. The molecule has 0 aromatic heterocycles. The summed E-state index contributed by atoms with van der Waals surface area (Å²) in [5, 5.41) is 11.7. The molecule has 5 nitrogen and oxygen atoms in total. The van der Waals surface area contributed by atoms with Crippen LogP contribution in [0.3, 0.4) is 0 Å². The number of carbonyl (C=O) groups is 2. The maximum atomic E-state index is 11.9. The van der Waals surface area contributed by atoms with E-state index in [9.17, 15) is 9.59 Å². The van der Waals surface area contributed by atoms with Gasteiger partial charge in [0.05, 0.1) is 11.0 Å². The van der Waals surface area contributed by atoms with E-state index in [1.54, 1.807) is 13.8 Å². The Balaban J connectivity index is 2.98. The second kappa shape index (κ2) is 5.37. The number of halogens is 1. The zero-order valence-corrected chi connectivity index (χ0v) is 10.9. The Morgan fingerprint density at radius 2 is 2.00 bits per heavy atom. The number of nitrogens with one attached hydrogen (secondary N) is 1. The second-order valence-electron chi connectivity index (χ2n) is 4.58. The average Bonchev–Trinajstić information content (AvgIpc) is 2.28. The molecule has 4 N–H and O–H groups in total. The van der Waals surface area contributed by atoms with Gasteiger partial charge in [0.15, 0.2) is 0 Å². The Bertz CT molecular complexity index is 486. The molecule has 0 saturated carbocycles. The monoisotopic (exact) mass is 270 g/mol. The fourth-order valence-electron chi connectivity index (χ4n) is 1.18. The zero-order chi connectivity index (χ0) is 13.9. The Kier molecular flexibility index (Phi) is 4.32. The molecule has 18 heavy (non-hydrogen) atoms. The lowest BCUT2D eigenvalue weighted by atomic mass is 9.92. The molecule has 0 fully saturated rings. The summed E-state index contributed by atoms with van der Waals surface area (Å²) in [5.41, 5.74) is 5.11. The van der Waals surface area contributed by atoms with Gasteiger partial charge in [0, 0.05) is 17.3 Å². The number of aromatic carboxylic acids is 1. The van der Waals surface area contributed by atoms with Gasteiger partial charge in [-0.3, -0.25) is 4.79 Å². The van der Waals surface area contributed by atoms with E-state index < -0.39 is 11.4 Å². The normalized spacial score (nSPS) is 11.1. The minimum absolute atomic E-state index is 0.0170. The molecular weight excluding hydrogens is 256 g/mol. The van der Waals surface area contributed by atoms with Gasteiger partial charge in [0.2, 0.25) is 5.91 Å². The molecular formula is C12H15ClN2O3. The van der Waals surface area contributed by atoms with Gasteiger partial charge < -0.3 is 16.2 Å². The van der Waals surface area contributed by atoms with Gasteiger partial charge in [0.25, 0.3) is 0 Å². The van der Waals surface area contributed by atoms with Crippen molar-refractivity contribution in [1.29, 1.82) is 0 Å². The van der Waals surface area contributed by atoms with Gasteiger partial charge in [-0.2, -0.15) is 0 Å². The standard InChI is InChI=1S/C12H15ClN2O3/c1-12(2,6-14)11(18)15-9-4-7(10(16)17)3-8(13)5-9/h3-5H,6,14H2,1-2H3,(H,15,18)(H,16,17). The van der Waals surface area contributed by atoms with Gasteiger partial charge in [-0.15, -0.1) is 0 Å². The molecule has 1 aromatic rings. The number of hydrogen-bond donors (Lipinski definition) is 3. The van der Waals surface area contributed by atoms with E-state index in [2.05, 4.69) is 5.32 Å². The topological polar surface area (TPSA) is 92.4 Å². The third-order valence-electron chi connectivity index (χ3n) is 2.53. The van der Waals surface area contributed by atoms with Crippen LogP contribution in [0.4, 0.5) is 5.69 Å². The van der Waals surface area contributed by atoms with Gasteiger partial charge in [-0.1, -0.05) is 11.6 Å². The number of amides is 1. The molecule has 0 spiro atoms. The Hall–Kier alpha value is -1.59. The predicted molar refractivity (Wildman–Crippen MR) is 69.9 cm³/mol. The van der Waals surface area contributed by atoms with Crippen LogP contribution in [0, 0.1) is 5.41 Å². The number of carboxylic acid groups (broad SMARTS) is 1. The van der Waals surface area contributed by atoms with Crippen molar-refractivity contribution >= 4 is 29.2 Å². The van der Waals surface area contributed by atoms with Crippen molar-refractivity contribution in [1.82, 2.24) is 0 Å². The van der Waals surface area contributed by atoms with Crippen LogP contribution in [-0.2, 0) is 4.79 Å². The first kappa shape index (κ1) is 14.5. The van der Waals surface area contributed by atoms with Crippen LogP contribution in [0.15, 0.2) is 18.2 Å². The van der Waals surface area contributed by atoms with E-state index in [1.807, 2.05) is 0 Å². The number of carboxylic acids is 1. The first-order chi connectivity index (χ1) is 8.26. The molecule has 6 heteroatoms. The zero-order valence-electron chi connectivity index (χ0n) is 10.2. The number of benzene rings is 1. The van der Waals surface area contributed by atoms with Gasteiger partial charge >= 0.3 is 5.97 Å². The first-order valence-corrected chi connectivity index (χ1v) is 5.69. The largest absolute Gasteiger partial charge is 0.478 e. The number of hydrogen-bond acceptors (Lipinski definition) is 3. The van der Waals surface area contributed by atoms with Gasteiger partial charge in [-0.05, 0) is 32.0 Å². The van der Waals surface area contributed by atoms with E-state index in [0.717, 1.165) is 0 Å². The molecule has 0 saturated heterocycles. The van der Waals surface area contributed by atoms with Crippen molar-refractivity contribution in [2.75, 3.05) is 11.9 Å². The molecule has 0 heterocycles. The third-order valence-corrected chi connectivity index (χ3v) is 2.75. The van der Waals surface area contributed by atoms with Crippen molar-refractivity contribution in [3.63, 3.8) is 0 Å². The smallest absolute Gasteiger partial charge is 0.335 e. The first-order valence-electron chi connectivity index (χ1n) is 5.31. The highest BCUT2D eigenvalue weighted by atomic mass is 35.5. The van der Waals surface area contributed by atoms with Crippen molar-refractivity contribution < 1.29 is 14.7 Å². The molecule has 1 aromatic carbocycles. The van der Waals surface area contributed by atoms with Gasteiger partial charge in [0.1, 0.15) is 0 Å². The molecule has 1 amide bonds. The van der Waals surface area contributed by atoms with Crippen LogP contribution in [0.5, 0.6) is 0 Å².